The zero-order chi connectivity index (χ0) is 21.6. The third-order valence-corrected chi connectivity index (χ3v) is 4.43. The fourth-order valence-corrected chi connectivity index (χ4v) is 3.28. The molecule has 1 atom stereocenters. The molecule has 0 aliphatic heterocycles. The summed E-state index contributed by atoms with van der Waals surface area (Å²) in [6.07, 6.45) is -1.12. The van der Waals surface area contributed by atoms with Crippen molar-refractivity contribution in [3.8, 4) is 11.5 Å². The van der Waals surface area contributed by atoms with Gasteiger partial charge in [0.1, 0.15) is 6.61 Å². The molecule has 1 unspecified atom stereocenters. The second-order valence-corrected chi connectivity index (χ2v) is 7.60. The Hall–Kier alpha value is -3.29. The van der Waals surface area contributed by atoms with Crippen molar-refractivity contribution in [1.82, 2.24) is 4.90 Å². The minimum absolute atomic E-state index is 0.0765. The quantitative estimate of drug-likeness (QED) is 0.505. The van der Waals surface area contributed by atoms with Crippen LogP contribution in [-0.2, 0) is 0 Å². The first kappa shape index (κ1) is 22.0. The topological polar surface area (TPSA) is 102 Å². The van der Waals surface area contributed by atoms with Gasteiger partial charge in [0, 0.05) is 12.1 Å². The van der Waals surface area contributed by atoms with E-state index in [1.165, 1.54) is 24.1 Å². The van der Waals surface area contributed by atoms with Gasteiger partial charge in [-0.15, -0.1) is 0 Å². The number of amides is 1. The molecule has 0 aromatic heterocycles. The Bertz CT molecular complexity index is 862. The molecule has 1 amide bonds. The Kier molecular flexibility index (Phi) is 7.03. The zero-order valence-electron chi connectivity index (χ0n) is 17.0. The van der Waals surface area contributed by atoms with Crippen LogP contribution in [0, 0.1) is 15.5 Å². The molecule has 0 radical (unpaired) electrons. The summed E-state index contributed by atoms with van der Waals surface area (Å²) < 4.78 is 11.0. The van der Waals surface area contributed by atoms with Crippen LogP contribution in [0.1, 0.15) is 32.4 Å². The summed E-state index contributed by atoms with van der Waals surface area (Å²) in [7, 11) is 1.53. The number of rotatable bonds is 8. The van der Waals surface area contributed by atoms with Gasteiger partial charge in [-0.05, 0) is 23.1 Å². The molecule has 0 saturated carbocycles. The minimum Gasteiger partial charge on any atom is -0.493 e. The van der Waals surface area contributed by atoms with Crippen molar-refractivity contribution in [2.75, 3.05) is 20.3 Å². The van der Waals surface area contributed by atoms with E-state index in [0.717, 1.165) is 0 Å². The largest absolute Gasteiger partial charge is 0.493 e. The molecule has 2 aromatic rings. The van der Waals surface area contributed by atoms with Crippen molar-refractivity contribution < 1.29 is 24.3 Å². The van der Waals surface area contributed by atoms with Crippen LogP contribution >= 0.6 is 0 Å². The van der Waals surface area contributed by atoms with Crippen LogP contribution in [0.2, 0.25) is 0 Å². The Balaban J connectivity index is 2.27. The molecule has 8 heteroatoms. The highest BCUT2D eigenvalue weighted by molar-refractivity contribution is 5.66. The van der Waals surface area contributed by atoms with Crippen molar-refractivity contribution in [1.29, 1.82) is 0 Å². The molecule has 1 N–H and O–H groups in total. The summed E-state index contributed by atoms with van der Waals surface area (Å²) in [6.45, 7) is 5.88. The first-order chi connectivity index (χ1) is 13.6. The number of benzene rings is 2. The summed E-state index contributed by atoms with van der Waals surface area (Å²) >= 11 is 0. The number of nitrogens with zero attached hydrogens (tertiary/aromatic N) is 2. The van der Waals surface area contributed by atoms with Gasteiger partial charge in [0.2, 0.25) is 0 Å². The molecule has 2 rings (SSSR count). The van der Waals surface area contributed by atoms with Gasteiger partial charge in [0.15, 0.2) is 11.5 Å². The molecular formula is C21H26N2O6. The molecule has 0 bridgehead atoms. The third kappa shape index (κ3) is 5.60. The van der Waals surface area contributed by atoms with Crippen molar-refractivity contribution in [3.63, 3.8) is 0 Å². The van der Waals surface area contributed by atoms with E-state index in [0.29, 0.717) is 17.1 Å². The van der Waals surface area contributed by atoms with E-state index in [4.69, 9.17) is 9.47 Å². The Morgan fingerprint density at radius 3 is 2.38 bits per heavy atom. The SMILES string of the molecule is COc1ccccc1OCCN(C(=O)O)C(c1cccc([N+](=O)[O-])c1)C(C)(C)C. The number of para-hydroxylation sites is 2. The highest BCUT2D eigenvalue weighted by Gasteiger charge is 2.35. The second kappa shape index (κ2) is 9.27. The number of non-ortho nitro benzene ring substituents is 1. The smallest absolute Gasteiger partial charge is 0.407 e. The van der Waals surface area contributed by atoms with E-state index in [1.807, 2.05) is 26.8 Å². The lowest BCUT2D eigenvalue weighted by molar-refractivity contribution is -0.385. The van der Waals surface area contributed by atoms with E-state index in [-0.39, 0.29) is 18.8 Å². The van der Waals surface area contributed by atoms with Crippen molar-refractivity contribution in [2.24, 2.45) is 5.41 Å². The summed E-state index contributed by atoms with van der Waals surface area (Å²) in [5.74, 6) is 1.07. The second-order valence-electron chi connectivity index (χ2n) is 7.60. The molecule has 0 fully saturated rings. The monoisotopic (exact) mass is 402 g/mol. The normalized spacial score (nSPS) is 12.1. The summed E-state index contributed by atoms with van der Waals surface area (Å²) in [6, 6.07) is 12.6. The molecule has 0 aliphatic carbocycles. The molecule has 2 aromatic carbocycles. The van der Waals surface area contributed by atoms with Crippen LogP contribution in [0.15, 0.2) is 48.5 Å². The van der Waals surface area contributed by atoms with Gasteiger partial charge >= 0.3 is 6.09 Å². The first-order valence-electron chi connectivity index (χ1n) is 9.15. The highest BCUT2D eigenvalue weighted by atomic mass is 16.6. The number of hydrogen-bond donors (Lipinski definition) is 1. The highest BCUT2D eigenvalue weighted by Crippen LogP contribution is 2.39. The van der Waals surface area contributed by atoms with E-state index >= 15 is 0 Å². The van der Waals surface area contributed by atoms with Crippen LogP contribution in [0.4, 0.5) is 10.5 Å². The molecule has 0 aliphatic rings. The minimum atomic E-state index is -1.12. The van der Waals surface area contributed by atoms with E-state index in [9.17, 15) is 20.0 Å². The van der Waals surface area contributed by atoms with Crippen LogP contribution < -0.4 is 9.47 Å². The molecule has 0 heterocycles. The lowest BCUT2D eigenvalue weighted by atomic mass is 9.81. The maximum atomic E-state index is 12.1. The Morgan fingerprint density at radius 2 is 1.83 bits per heavy atom. The molecule has 0 saturated heterocycles. The van der Waals surface area contributed by atoms with Crippen LogP contribution in [-0.4, -0.2) is 41.3 Å². The third-order valence-electron chi connectivity index (χ3n) is 4.43. The molecular weight excluding hydrogens is 376 g/mol. The molecule has 0 spiro atoms. The molecule has 8 nitrogen and oxygen atoms in total. The first-order valence-corrected chi connectivity index (χ1v) is 9.15. The molecule has 156 valence electrons. The number of methoxy groups -OCH3 is 1. The number of carbonyl (C=O) groups is 1. The van der Waals surface area contributed by atoms with Gasteiger partial charge in [-0.25, -0.2) is 4.79 Å². The summed E-state index contributed by atoms with van der Waals surface area (Å²) in [5.41, 5.74) is -0.0170. The van der Waals surface area contributed by atoms with Gasteiger partial charge in [0.05, 0.1) is 24.6 Å². The lowest BCUT2D eigenvalue weighted by Gasteiger charge is -2.39. The van der Waals surface area contributed by atoms with Crippen molar-refractivity contribution in [3.05, 3.63) is 64.2 Å². The van der Waals surface area contributed by atoms with Crippen LogP contribution in [0.25, 0.3) is 0 Å². The van der Waals surface area contributed by atoms with Crippen molar-refractivity contribution in [2.45, 2.75) is 26.8 Å². The van der Waals surface area contributed by atoms with Crippen LogP contribution in [0.3, 0.4) is 0 Å². The number of hydrogen-bond acceptors (Lipinski definition) is 5. The van der Waals surface area contributed by atoms with Crippen LogP contribution in [0.5, 0.6) is 11.5 Å². The Morgan fingerprint density at radius 1 is 1.17 bits per heavy atom. The average molecular weight is 402 g/mol. The predicted octanol–water partition coefficient (Wildman–Crippen LogP) is 4.75. The standard InChI is InChI=1S/C21H26N2O6/c1-21(2,3)19(15-8-7-9-16(14-15)23(26)27)22(20(24)25)12-13-29-18-11-6-5-10-17(18)28-4/h5-11,14,19H,12-13H2,1-4H3,(H,24,25). The maximum absolute atomic E-state index is 12.1. The van der Waals surface area contributed by atoms with E-state index in [2.05, 4.69) is 0 Å². The van der Waals surface area contributed by atoms with Gasteiger partial charge in [0.25, 0.3) is 5.69 Å². The van der Waals surface area contributed by atoms with E-state index in [1.54, 1.807) is 30.3 Å². The van der Waals surface area contributed by atoms with Gasteiger partial charge in [-0.2, -0.15) is 0 Å². The number of ether oxygens (including phenoxy) is 2. The number of carboxylic acid groups (broad SMARTS) is 1. The number of nitro groups is 1. The molecule has 29 heavy (non-hydrogen) atoms. The fourth-order valence-electron chi connectivity index (χ4n) is 3.28. The zero-order valence-corrected chi connectivity index (χ0v) is 17.0. The summed E-state index contributed by atoms with van der Waals surface area (Å²) in [4.78, 5) is 24.0. The lowest BCUT2D eigenvalue weighted by Crippen LogP contribution is -2.42. The fraction of sp³-hybridized carbons (Fsp3) is 0.381. The van der Waals surface area contributed by atoms with Crippen molar-refractivity contribution >= 4 is 11.8 Å². The predicted molar refractivity (Wildman–Crippen MR) is 109 cm³/mol. The average Bonchev–Trinajstić information content (AvgIpc) is 2.66. The Labute approximate surface area is 169 Å². The van der Waals surface area contributed by atoms with Gasteiger partial charge in [-0.1, -0.05) is 45.0 Å². The summed E-state index contributed by atoms with van der Waals surface area (Å²) in [5, 5.41) is 21.0. The van der Waals surface area contributed by atoms with Gasteiger partial charge < -0.3 is 14.6 Å². The number of nitro benzene ring substituents is 1. The van der Waals surface area contributed by atoms with Gasteiger partial charge in [-0.3, -0.25) is 15.0 Å². The van der Waals surface area contributed by atoms with E-state index < -0.39 is 22.5 Å². The maximum Gasteiger partial charge on any atom is 0.407 e.